The van der Waals surface area contributed by atoms with Gasteiger partial charge in [0.15, 0.2) is 0 Å². The van der Waals surface area contributed by atoms with Gasteiger partial charge in [-0.25, -0.2) is 4.98 Å². The lowest BCUT2D eigenvalue weighted by atomic mass is 10.3. The van der Waals surface area contributed by atoms with Crippen molar-refractivity contribution in [1.82, 2.24) is 14.9 Å². The maximum atomic E-state index is 5.28. The third-order valence-electron chi connectivity index (χ3n) is 2.67. The van der Waals surface area contributed by atoms with Crippen molar-refractivity contribution in [3.8, 4) is 0 Å². The number of ether oxygens (including phenoxy) is 2. The Morgan fingerprint density at radius 2 is 2.18 bits per heavy atom. The molecule has 1 aromatic heterocycles. The second kappa shape index (κ2) is 7.42. The zero-order valence-corrected chi connectivity index (χ0v) is 11.1. The fourth-order valence-corrected chi connectivity index (χ4v) is 1.69. The normalized spacial score (nSPS) is 13.2. The summed E-state index contributed by atoms with van der Waals surface area (Å²) in [5, 5.41) is 3.35. The lowest BCUT2D eigenvalue weighted by Gasteiger charge is -2.16. The number of methoxy groups -OCH3 is 2. The van der Waals surface area contributed by atoms with Crippen LogP contribution in [0.2, 0.25) is 0 Å². The van der Waals surface area contributed by atoms with E-state index in [9.17, 15) is 0 Å². The number of aromatic nitrogens is 2. The molecule has 1 atom stereocenters. The minimum Gasteiger partial charge on any atom is -0.382 e. The zero-order valence-electron chi connectivity index (χ0n) is 11.1. The second-order valence-corrected chi connectivity index (χ2v) is 4.33. The molecule has 98 valence electrons. The lowest BCUT2D eigenvalue weighted by Crippen LogP contribution is -2.32. The molecule has 0 saturated carbocycles. The van der Waals surface area contributed by atoms with Crippen LogP contribution in [0.25, 0.3) is 0 Å². The van der Waals surface area contributed by atoms with E-state index in [1.165, 1.54) is 5.69 Å². The van der Waals surface area contributed by atoms with E-state index in [0.717, 1.165) is 13.1 Å². The molecule has 0 bridgehead atoms. The molecule has 0 saturated heterocycles. The van der Waals surface area contributed by atoms with E-state index in [0.29, 0.717) is 12.6 Å². The molecule has 1 aromatic rings. The van der Waals surface area contributed by atoms with Crippen LogP contribution < -0.4 is 5.32 Å². The number of rotatable bonds is 8. The van der Waals surface area contributed by atoms with E-state index < -0.39 is 0 Å². The molecule has 17 heavy (non-hydrogen) atoms. The molecule has 0 fully saturated rings. The standard InChI is InChI=1S/C12H23N3O2/c1-10(2)15-9-14-6-11(15)5-13-7-12(17-4)8-16-3/h6,9-10,12-13H,5,7-8H2,1-4H3. The topological polar surface area (TPSA) is 48.3 Å². The van der Waals surface area contributed by atoms with Crippen molar-refractivity contribution in [2.24, 2.45) is 0 Å². The Kier molecular flexibility index (Phi) is 6.18. The molecule has 0 aliphatic rings. The number of imidazole rings is 1. The quantitative estimate of drug-likeness (QED) is 0.743. The molecular weight excluding hydrogens is 218 g/mol. The molecule has 5 nitrogen and oxygen atoms in total. The average molecular weight is 241 g/mol. The van der Waals surface area contributed by atoms with Crippen LogP contribution in [0.5, 0.6) is 0 Å². The molecule has 1 rings (SSSR count). The molecule has 0 aliphatic carbocycles. The van der Waals surface area contributed by atoms with Crippen LogP contribution in [-0.2, 0) is 16.0 Å². The summed E-state index contributed by atoms with van der Waals surface area (Å²) in [6.07, 6.45) is 3.85. The summed E-state index contributed by atoms with van der Waals surface area (Å²) >= 11 is 0. The zero-order chi connectivity index (χ0) is 12.7. The van der Waals surface area contributed by atoms with E-state index in [1.807, 2.05) is 12.5 Å². The van der Waals surface area contributed by atoms with Gasteiger partial charge < -0.3 is 19.4 Å². The molecule has 0 spiro atoms. The molecule has 5 heteroatoms. The first-order valence-corrected chi connectivity index (χ1v) is 5.92. The fourth-order valence-electron chi connectivity index (χ4n) is 1.69. The van der Waals surface area contributed by atoms with Crippen LogP contribution in [0.1, 0.15) is 25.6 Å². The predicted octanol–water partition coefficient (Wildman–Crippen LogP) is 1.21. The van der Waals surface area contributed by atoms with Crippen LogP contribution >= 0.6 is 0 Å². The van der Waals surface area contributed by atoms with Crippen molar-refractivity contribution in [1.29, 1.82) is 0 Å². The molecule has 0 aliphatic heterocycles. The maximum Gasteiger partial charge on any atom is 0.0951 e. The van der Waals surface area contributed by atoms with Crippen molar-refractivity contribution in [3.05, 3.63) is 18.2 Å². The molecular formula is C12H23N3O2. The lowest BCUT2D eigenvalue weighted by molar-refractivity contribution is 0.0287. The van der Waals surface area contributed by atoms with E-state index in [4.69, 9.17) is 9.47 Å². The Morgan fingerprint density at radius 1 is 1.41 bits per heavy atom. The Balaban J connectivity index is 2.37. The van der Waals surface area contributed by atoms with Gasteiger partial charge in [-0.3, -0.25) is 0 Å². The number of hydrogen-bond donors (Lipinski definition) is 1. The van der Waals surface area contributed by atoms with E-state index in [-0.39, 0.29) is 6.10 Å². The first kappa shape index (κ1) is 14.2. The smallest absolute Gasteiger partial charge is 0.0951 e. The highest BCUT2D eigenvalue weighted by atomic mass is 16.5. The monoisotopic (exact) mass is 241 g/mol. The fraction of sp³-hybridized carbons (Fsp3) is 0.750. The molecule has 1 unspecified atom stereocenters. The van der Waals surface area contributed by atoms with Gasteiger partial charge in [-0.2, -0.15) is 0 Å². The van der Waals surface area contributed by atoms with Crippen molar-refractivity contribution >= 4 is 0 Å². The Hall–Kier alpha value is -0.910. The number of hydrogen-bond acceptors (Lipinski definition) is 4. The highest BCUT2D eigenvalue weighted by Gasteiger charge is 2.08. The first-order chi connectivity index (χ1) is 8.19. The Labute approximate surface area is 103 Å². The van der Waals surface area contributed by atoms with E-state index in [2.05, 4.69) is 28.7 Å². The summed E-state index contributed by atoms with van der Waals surface area (Å²) in [4.78, 5) is 4.16. The van der Waals surface area contributed by atoms with Crippen LogP contribution in [0.3, 0.4) is 0 Å². The van der Waals surface area contributed by atoms with Gasteiger partial charge in [0, 0.05) is 39.5 Å². The van der Waals surface area contributed by atoms with Crippen LogP contribution in [0.15, 0.2) is 12.5 Å². The van der Waals surface area contributed by atoms with Gasteiger partial charge in [0.1, 0.15) is 0 Å². The molecule has 0 radical (unpaired) electrons. The summed E-state index contributed by atoms with van der Waals surface area (Å²) in [6.45, 7) is 6.46. The maximum absolute atomic E-state index is 5.28. The minimum atomic E-state index is 0.0930. The van der Waals surface area contributed by atoms with Gasteiger partial charge in [-0.05, 0) is 13.8 Å². The van der Waals surface area contributed by atoms with E-state index in [1.54, 1.807) is 14.2 Å². The van der Waals surface area contributed by atoms with Gasteiger partial charge in [0.25, 0.3) is 0 Å². The first-order valence-electron chi connectivity index (χ1n) is 5.92. The highest BCUT2D eigenvalue weighted by molar-refractivity contribution is 4.99. The van der Waals surface area contributed by atoms with Gasteiger partial charge in [-0.15, -0.1) is 0 Å². The molecule has 1 heterocycles. The van der Waals surface area contributed by atoms with Crippen molar-refractivity contribution in [2.45, 2.75) is 32.5 Å². The molecule has 1 N–H and O–H groups in total. The summed E-state index contributed by atoms with van der Waals surface area (Å²) < 4.78 is 12.5. The highest BCUT2D eigenvalue weighted by Crippen LogP contribution is 2.08. The van der Waals surface area contributed by atoms with Gasteiger partial charge >= 0.3 is 0 Å². The minimum absolute atomic E-state index is 0.0930. The SMILES string of the molecule is COCC(CNCc1cncn1C(C)C)OC. The van der Waals surface area contributed by atoms with Gasteiger partial charge in [-0.1, -0.05) is 0 Å². The average Bonchev–Trinajstić information content (AvgIpc) is 2.76. The van der Waals surface area contributed by atoms with E-state index >= 15 is 0 Å². The van der Waals surface area contributed by atoms with Gasteiger partial charge in [0.05, 0.1) is 24.7 Å². The van der Waals surface area contributed by atoms with Crippen LogP contribution in [0.4, 0.5) is 0 Å². The van der Waals surface area contributed by atoms with Gasteiger partial charge in [0.2, 0.25) is 0 Å². The van der Waals surface area contributed by atoms with Crippen LogP contribution in [0, 0.1) is 0 Å². The summed E-state index contributed by atoms with van der Waals surface area (Å²) in [5.41, 5.74) is 1.19. The third-order valence-corrected chi connectivity index (χ3v) is 2.67. The molecule has 0 aromatic carbocycles. The van der Waals surface area contributed by atoms with Crippen molar-refractivity contribution < 1.29 is 9.47 Å². The summed E-state index contributed by atoms with van der Waals surface area (Å²) in [7, 11) is 3.38. The van der Waals surface area contributed by atoms with Crippen LogP contribution in [-0.4, -0.2) is 43.0 Å². The predicted molar refractivity (Wildman–Crippen MR) is 67.0 cm³/mol. The Morgan fingerprint density at radius 3 is 2.76 bits per heavy atom. The van der Waals surface area contributed by atoms with Crippen molar-refractivity contribution in [3.63, 3.8) is 0 Å². The summed E-state index contributed by atoms with van der Waals surface area (Å²) in [5.74, 6) is 0. The summed E-state index contributed by atoms with van der Waals surface area (Å²) in [6, 6.07) is 0.437. The second-order valence-electron chi connectivity index (χ2n) is 4.33. The number of nitrogens with zero attached hydrogens (tertiary/aromatic N) is 2. The largest absolute Gasteiger partial charge is 0.382 e. The van der Waals surface area contributed by atoms with Crippen molar-refractivity contribution in [2.75, 3.05) is 27.4 Å². The number of nitrogens with one attached hydrogen (secondary N) is 1. The molecule has 0 amide bonds. The Bertz CT molecular complexity index is 312. The third kappa shape index (κ3) is 4.46.